The van der Waals surface area contributed by atoms with Crippen LogP contribution in [0.2, 0.25) is 0 Å². The van der Waals surface area contributed by atoms with E-state index in [0.717, 1.165) is 12.5 Å². The van der Waals surface area contributed by atoms with Gasteiger partial charge in [0.05, 0.1) is 16.6 Å². The Morgan fingerprint density at radius 1 is 1.22 bits per heavy atom. The van der Waals surface area contributed by atoms with E-state index in [-0.39, 0.29) is 16.6 Å². The van der Waals surface area contributed by atoms with Gasteiger partial charge in [0.25, 0.3) is 0 Å². The van der Waals surface area contributed by atoms with Crippen LogP contribution < -0.4 is 11.3 Å². The van der Waals surface area contributed by atoms with Crippen molar-refractivity contribution in [1.29, 1.82) is 0 Å². The minimum Gasteiger partial charge on any atom is -0.323 e. The van der Waals surface area contributed by atoms with Crippen LogP contribution in [0.1, 0.15) is 19.0 Å². The van der Waals surface area contributed by atoms with Crippen LogP contribution in [0, 0.1) is 17.5 Å². The van der Waals surface area contributed by atoms with Crippen molar-refractivity contribution in [2.75, 3.05) is 5.43 Å². The Kier molecular flexibility index (Phi) is 3.38. The molecule has 3 N–H and O–H groups in total. The third kappa shape index (κ3) is 1.99. The lowest BCUT2D eigenvalue weighted by Crippen LogP contribution is -2.10. The van der Waals surface area contributed by atoms with Crippen molar-refractivity contribution in [1.82, 2.24) is 4.98 Å². The third-order valence-corrected chi connectivity index (χ3v) is 2.65. The lowest BCUT2D eigenvalue weighted by molar-refractivity contribution is 0.453. The Morgan fingerprint density at radius 3 is 2.56 bits per heavy atom. The van der Waals surface area contributed by atoms with E-state index in [1.807, 2.05) is 6.92 Å². The smallest absolute Gasteiger partial charge is 0.195 e. The molecule has 0 atom stereocenters. The molecule has 0 spiro atoms. The molecule has 6 heteroatoms. The Bertz CT molecular complexity index is 599. The van der Waals surface area contributed by atoms with Crippen molar-refractivity contribution in [3.05, 3.63) is 35.3 Å². The number of hydrogen-bond donors (Lipinski definition) is 2. The Morgan fingerprint density at radius 2 is 1.94 bits per heavy atom. The first-order chi connectivity index (χ1) is 8.58. The number of benzene rings is 1. The van der Waals surface area contributed by atoms with Crippen molar-refractivity contribution < 1.29 is 13.2 Å². The number of halogens is 3. The molecule has 0 fully saturated rings. The molecule has 0 unspecified atom stereocenters. The van der Waals surface area contributed by atoms with Crippen LogP contribution in [0.25, 0.3) is 10.9 Å². The van der Waals surface area contributed by atoms with Crippen molar-refractivity contribution in [3.63, 3.8) is 0 Å². The van der Waals surface area contributed by atoms with E-state index in [9.17, 15) is 13.2 Å². The number of hydrazine groups is 1. The topological polar surface area (TPSA) is 50.9 Å². The molecule has 0 aliphatic rings. The van der Waals surface area contributed by atoms with Gasteiger partial charge in [0, 0.05) is 11.8 Å². The molecule has 96 valence electrons. The zero-order chi connectivity index (χ0) is 13.3. The van der Waals surface area contributed by atoms with Crippen LogP contribution in [0.5, 0.6) is 0 Å². The van der Waals surface area contributed by atoms with Crippen LogP contribution in [0.4, 0.5) is 18.9 Å². The van der Waals surface area contributed by atoms with Gasteiger partial charge in [-0.25, -0.2) is 13.2 Å². The predicted molar refractivity (Wildman–Crippen MR) is 63.4 cm³/mol. The summed E-state index contributed by atoms with van der Waals surface area (Å²) in [4.78, 5) is 4.09. The number of nitrogens with one attached hydrogen (secondary N) is 1. The summed E-state index contributed by atoms with van der Waals surface area (Å²) in [5.74, 6) is 1.21. The maximum absolute atomic E-state index is 13.7. The summed E-state index contributed by atoms with van der Waals surface area (Å²) in [5, 5.41) is -0.142. The van der Waals surface area contributed by atoms with Gasteiger partial charge in [0.2, 0.25) is 0 Å². The second-order valence-electron chi connectivity index (χ2n) is 3.94. The molecule has 2 aromatic rings. The van der Waals surface area contributed by atoms with Crippen molar-refractivity contribution >= 4 is 16.6 Å². The van der Waals surface area contributed by atoms with Crippen LogP contribution >= 0.6 is 0 Å². The van der Waals surface area contributed by atoms with Gasteiger partial charge in [-0.1, -0.05) is 13.3 Å². The maximum atomic E-state index is 13.7. The first kappa shape index (κ1) is 12.6. The molecule has 0 saturated carbocycles. The first-order valence-corrected chi connectivity index (χ1v) is 5.52. The quantitative estimate of drug-likeness (QED) is 0.503. The maximum Gasteiger partial charge on any atom is 0.195 e. The van der Waals surface area contributed by atoms with Gasteiger partial charge in [0.1, 0.15) is 0 Å². The van der Waals surface area contributed by atoms with E-state index >= 15 is 0 Å². The number of rotatable bonds is 3. The summed E-state index contributed by atoms with van der Waals surface area (Å²) in [6, 6.07) is 2.40. The fourth-order valence-corrected chi connectivity index (χ4v) is 1.85. The average Bonchev–Trinajstić information content (AvgIpc) is 2.35. The molecule has 0 radical (unpaired) electrons. The number of anilines is 1. The SMILES string of the molecule is CCCc1cc(NN)c2c(F)c(F)c(F)cc2n1. The third-order valence-electron chi connectivity index (χ3n) is 2.65. The van der Waals surface area contributed by atoms with Crippen LogP contribution in [0.3, 0.4) is 0 Å². The van der Waals surface area contributed by atoms with E-state index in [0.29, 0.717) is 12.1 Å². The number of aryl methyl sites for hydroxylation is 1. The number of fused-ring (bicyclic) bond motifs is 1. The zero-order valence-corrected chi connectivity index (χ0v) is 9.73. The molecule has 0 amide bonds. The largest absolute Gasteiger partial charge is 0.323 e. The van der Waals surface area contributed by atoms with Gasteiger partial charge >= 0.3 is 0 Å². The van der Waals surface area contributed by atoms with Gasteiger partial charge in [-0.3, -0.25) is 10.8 Å². The average molecular weight is 255 g/mol. The highest BCUT2D eigenvalue weighted by Gasteiger charge is 2.17. The van der Waals surface area contributed by atoms with Crippen LogP contribution in [-0.2, 0) is 6.42 Å². The number of pyridine rings is 1. The molecule has 2 rings (SSSR count). The molecule has 18 heavy (non-hydrogen) atoms. The Hall–Kier alpha value is -1.82. The highest BCUT2D eigenvalue weighted by Crippen LogP contribution is 2.28. The summed E-state index contributed by atoms with van der Waals surface area (Å²) in [6.45, 7) is 1.95. The lowest BCUT2D eigenvalue weighted by Gasteiger charge is -2.10. The van der Waals surface area contributed by atoms with Crippen molar-refractivity contribution in [2.24, 2.45) is 5.84 Å². The molecule has 0 aliphatic carbocycles. The van der Waals surface area contributed by atoms with Crippen LogP contribution in [-0.4, -0.2) is 4.98 Å². The van der Waals surface area contributed by atoms with E-state index in [1.54, 1.807) is 0 Å². The van der Waals surface area contributed by atoms with E-state index < -0.39 is 17.5 Å². The second-order valence-corrected chi connectivity index (χ2v) is 3.94. The fourth-order valence-electron chi connectivity index (χ4n) is 1.85. The molecule has 1 aromatic heterocycles. The monoisotopic (exact) mass is 255 g/mol. The Balaban J connectivity index is 2.79. The minimum atomic E-state index is -1.52. The number of nitrogens with zero attached hydrogens (tertiary/aromatic N) is 1. The van der Waals surface area contributed by atoms with Gasteiger partial charge in [-0.05, 0) is 12.5 Å². The molecule has 1 heterocycles. The van der Waals surface area contributed by atoms with Gasteiger partial charge < -0.3 is 5.43 Å². The number of nitrogen functional groups attached to an aromatic ring is 1. The van der Waals surface area contributed by atoms with E-state index in [2.05, 4.69) is 10.4 Å². The number of hydrogen-bond acceptors (Lipinski definition) is 3. The summed E-state index contributed by atoms with van der Waals surface area (Å²) >= 11 is 0. The molecule has 0 bridgehead atoms. The minimum absolute atomic E-state index is 0.0466. The number of aromatic nitrogens is 1. The highest BCUT2D eigenvalue weighted by molar-refractivity contribution is 5.92. The second kappa shape index (κ2) is 4.81. The van der Waals surface area contributed by atoms with Crippen LogP contribution in [0.15, 0.2) is 12.1 Å². The van der Waals surface area contributed by atoms with E-state index in [4.69, 9.17) is 5.84 Å². The molecule has 3 nitrogen and oxygen atoms in total. The zero-order valence-electron chi connectivity index (χ0n) is 9.73. The first-order valence-electron chi connectivity index (χ1n) is 5.52. The standard InChI is InChI=1S/C12H12F3N3/c1-2-3-6-4-9(18-16)10-8(17-6)5-7(13)11(14)12(10)15/h4-5H,2-3,16H2,1H3,(H,17,18). The summed E-state index contributed by atoms with van der Waals surface area (Å²) in [7, 11) is 0. The van der Waals surface area contributed by atoms with E-state index in [1.165, 1.54) is 6.07 Å². The predicted octanol–water partition coefficient (Wildman–Crippen LogP) is 2.89. The molecule has 0 saturated heterocycles. The molecular weight excluding hydrogens is 243 g/mol. The van der Waals surface area contributed by atoms with Crippen molar-refractivity contribution in [2.45, 2.75) is 19.8 Å². The molecule has 1 aromatic carbocycles. The molecule has 0 aliphatic heterocycles. The van der Waals surface area contributed by atoms with Gasteiger partial charge in [-0.2, -0.15) is 0 Å². The number of nitrogens with two attached hydrogens (primary N) is 1. The highest BCUT2D eigenvalue weighted by atomic mass is 19.2. The molecular formula is C12H12F3N3. The summed E-state index contributed by atoms with van der Waals surface area (Å²) in [6.07, 6.45) is 1.47. The summed E-state index contributed by atoms with van der Waals surface area (Å²) in [5.41, 5.74) is 3.17. The Labute approximate surface area is 102 Å². The lowest BCUT2D eigenvalue weighted by atomic mass is 10.1. The summed E-state index contributed by atoms with van der Waals surface area (Å²) < 4.78 is 40.0. The van der Waals surface area contributed by atoms with Gasteiger partial charge in [-0.15, -0.1) is 0 Å². The van der Waals surface area contributed by atoms with Gasteiger partial charge in [0.15, 0.2) is 17.5 Å². The van der Waals surface area contributed by atoms with Crippen molar-refractivity contribution in [3.8, 4) is 0 Å². The normalized spacial score (nSPS) is 10.9. The fraction of sp³-hybridized carbons (Fsp3) is 0.250.